The van der Waals surface area contributed by atoms with E-state index in [1.807, 2.05) is 6.07 Å². The molecule has 2 aromatic carbocycles. The zero-order valence-corrected chi connectivity index (χ0v) is 16.4. The third-order valence-electron chi connectivity index (χ3n) is 5.63. The third-order valence-corrected chi connectivity index (χ3v) is 5.63. The summed E-state index contributed by atoms with van der Waals surface area (Å²) < 4.78 is 5.50. The fourth-order valence-corrected chi connectivity index (χ4v) is 4.08. The zero-order valence-electron chi connectivity index (χ0n) is 16.4. The maximum atomic E-state index is 5.50. The second-order valence-corrected chi connectivity index (χ2v) is 7.44. The van der Waals surface area contributed by atoms with Gasteiger partial charge in [0, 0.05) is 32.2 Å². The van der Waals surface area contributed by atoms with Crippen LogP contribution in [-0.4, -0.2) is 42.8 Å². The molecule has 3 heterocycles. The highest BCUT2D eigenvalue weighted by atomic mass is 16.5. The Balaban J connectivity index is 1.36. The number of anilines is 4. The van der Waals surface area contributed by atoms with E-state index in [-0.39, 0.29) is 0 Å². The van der Waals surface area contributed by atoms with E-state index in [1.54, 1.807) is 6.33 Å². The lowest BCUT2D eigenvalue weighted by Gasteiger charge is -2.31. The predicted molar refractivity (Wildman–Crippen MR) is 116 cm³/mol. The van der Waals surface area contributed by atoms with Crippen molar-refractivity contribution in [2.24, 2.45) is 0 Å². The number of hydrogen-bond donors (Lipinski definition) is 1. The van der Waals surface area contributed by atoms with E-state index in [9.17, 15) is 0 Å². The Morgan fingerprint density at radius 2 is 1.62 bits per heavy atom. The van der Waals surface area contributed by atoms with Gasteiger partial charge in [-0.2, -0.15) is 0 Å². The Hall–Kier alpha value is -3.12. The van der Waals surface area contributed by atoms with E-state index in [1.165, 1.54) is 16.8 Å². The highest BCUT2D eigenvalue weighted by Gasteiger charge is 2.18. The highest BCUT2D eigenvalue weighted by Crippen LogP contribution is 2.30. The maximum Gasteiger partial charge on any atom is 0.135 e. The molecule has 6 nitrogen and oxygen atoms in total. The van der Waals surface area contributed by atoms with Crippen LogP contribution in [-0.2, 0) is 17.7 Å². The molecule has 0 bridgehead atoms. The largest absolute Gasteiger partial charge is 0.378 e. The van der Waals surface area contributed by atoms with Crippen LogP contribution < -0.4 is 15.1 Å². The molecule has 1 saturated heterocycles. The van der Waals surface area contributed by atoms with Crippen molar-refractivity contribution in [3.63, 3.8) is 0 Å². The number of nitrogens with zero attached hydrogens (tertiary/aromatic N) is 4. The molecule has 0 atom stereocenters. The van der Waals surface area contributed by atoms with Crippen LogP contribution in [0.2, 0.25) is 0 Å². The number of benzene rings is 2. The number of morpholine rings is 1. The Morgan fingerprint density at radius 1 is 0.828 bits per heavy atom. The van der Waals surface area contributed by atoms with E-state index in [0.717, 1.165) is 63.1 Å². The first-order chi connectivity index (χ1) is 14.4. The van der Waals surface area contributed by atoms with Gasteiger partial charge in [0.1, 0.15) is 18.0 Å². The molecule has 148 valence electrons. The summed E-state index contributed by atoms with van der Waals surface area (Å²) in [5.41, 5.74) is 5.06. The van der Waals surface area contributed by atoms with Crippen molar-refractivity contribution in [3.8, 4) is 0 Å². The second-order valence-electron chi connectivity index (χ2n) is 7.44. The van der Waals surface area contributed by atoms with Gasteiger partial charge >= 0.3 is 0 Å². The SMILES string of the molecule is c1ccc2c(c1)CCN(c1cc(Nc3ccccc3N3CCOCC3)ncn1)C2. The van der Waals surface area contributed by atoms with E-state index in [0.29, 0.717) is 0 Å². The predicted octanol–water partition coefficient (Wildman–Crippen LogP) is 3.62. The quantitative estimate of drug-likeness (QED) is 0.738. The summed E-state index contributed by atoms with van der Waals surface area (Å²) in [5.74, 6) is 1.77. The van der Waals surface area contributed by atoms with Crippen molar-refractivity contribution in [1.29, 1.82) is 0 Å². The molecule has 2 aliphatic rings. The molecule has 0 amide bonds. The van der Waals surface area contributed by atoms with E-state index < -0.39 is 0 Å². The lowest BCUT2D eigenvalue weighted by Crippen LogP contribution is -2.36. The average molecular weight is 387 g/mol. The summed E-state index contributed by atoms with van der Waals surface area (Å²) in [6, 6.07) is 19.1. The summed E-state index contributed by atoms with van der Waals surface area (Å²) >= 11 is 0. The normalized spacial score (nSPS) is 16.4. The summed E-state index contributed by atoms with van der Waals surface area (Å²) in [6.45, 7) is 5.20. The van der Waals surface area contributed by atoms with Crippen molar-refractivity contribution < 1.29 is 4.74 Å². The number of rotatable bonds is 4. The molecule has 0 saturated carbocycles. The molecular weight excluding hydrogens is 362 g/mol. The van der Waals surface area contributed by atoms with Gasteiger partial charge in [-0.3, -0.25) is 0 Å². The number of aromatic nitrogens is 2. The van der Waals surface area contributed by atoms with E-state index in [4.69, 9.17) is 4.74 Å². The van der Waals surface area contributed by atoms with E-state index in [2.05, 4.69) is 73.6 Å². The Labute approximate surface area is 171 Å². The first kappa shape index (κ1) is 17.9. The van der Waals surface area contributed by atoms with Crippen molar-refractivity contribution in [3.05, 3.63) is 72.1 Å². The van der Waals surface area contributed by atoms with Crippen molar-refractivity contribution in [1.82, 2.24) is 9.97 Å². The van der Waals surface area contributed by atoms with Crippen molar-refractivity contribution in [2.75, 3.05) is 48.0 Å². The highest BCUT2D eigenvalue weighted by molar-refractivity contribution is 5.75. The van der Waals surface area contributed by atoms with Gasteiger partial charge in [0.15, 0.2) is 0 Å². The molecule has 0 spiro atoms. The summed E-state index contributed by atoms with van der Waals surface area (Å²) in [4.78, 5) is 13.7. The van der Waals surface area contributed by atoms with Gasteiger partial charge in [0.25, 0.3) is 0 Å². The topological polar surface area (TPSA) is 53.5 Å². The summed E-state index contributed by atoms with van der Waals surface area (Å²) in [6.07, 6.45) is 2.69. The third kappa shape index (κ3) is 3.89. The number of hydrogen-bond acceptors (Lipinski definition) is 6. The van der Waals surface area contributed by atoms with Crippen LogP contribution in [0.5, 0.6) is 0 Å². The molecule has 1 aromatic heterocycles. The molecule has 3 aromatic rings. The van der Waals surface area contributed by atoms with Crippen LogP contribution in [0.15, 0.2) is 60.9 Å². The molecule has 1 fully saturated rings. The zero-order chi connectivity index (χ0) is 19.5. The standard InChI is InChI=1S/C23H25N5O/c1-2-6-19-16-28(10-9-18(19)5-1)23-15-22(24-17-25-23)26-20-7-3-4-8-21(20)27-11-13-29-14-12-27/h1-8,15,17H,9-14,16H2,(H,24,25,26). The van der Waals surface area contributed by atoms with Crippen LogP contribution in [0.1, 0.15) is 11.1 Å². The van der Waals surface area contributed by atoms with Crippen LogP contribution in [0, 0.1) is 0 Å². The van der Waals surface area contributed by atoms with Crippen LogP contribution in [0.25, 0.3) is 0 Å². The second kappa shape index (κ2) is 8.09. The van der Waals surface area contributed by atoms with Crippen LogP contribution >= 0.6 is 0 Å². The minimum Gasteiger partial charge on any atom is -0.378 e. The summed E-state index contributed by atoms with van der Waals surface area (Å²) in [5, 5.41) is 3.51. The van der Waals surface area contributed by atoms with Gasteiger partial charge in [-0.25, -0.2) is 9.97 Å². The molecule has 5 rings (SSSR count). The minimum absolute atomic E-state index is 0.766. The Kier molecular flexibility index (Phi) is 5.01. The number of nitrogens with one attached hydrogen (secondary N) is 1. The van der Waals surface area contributed by atoms with Gasteiger partial charge in [0.05, 0.1) is 24.6 Å². The first-order valence-electron chi connectivity index (χ1n) is 10.2. The molecule has 2 aliphatic heterocycles. The number of para-hydroxylation sites is 2. The van der Waals surface area contributed by atoms with Crippen molar-refractivity contribution in [2.45, 2.75) is 13.0 Å². The molecule has 0 aliphatic carbocycles. The van der Waals surface area contributed by atoms with Crippen molar-refractivity contribution >= 4 is 23.0 Å². The van der Waals surface area contributed by atoms with Crippen LogP contribution in [0.4, 0.5) is 23.0 Å². The van der Waals surface area contributed by atoms with Gasteiger partial charge in [-0.05, 0) is 29.7 Å². The lowest BCUT2D eigenvalue weighted by atomic mass is 10.00. The fourth-order valence-electron chi connectivity index (χ4n) is 4.08. The van der Waals surface area contributed by atoms with Gasteiger partial charge in [-0.15, -0.1) is 0 Å². The molecular formula is C23H25N5O. The smallest absolute Gasteiger partial charge is 0.135 e. The fraction of sp³-hybridized carbons (Fsp3) is 0.304. The Morgan fingerprint density at radius 3 is 2.52 bits per heavy atom. The molecule has 6 heteroatoms. The van der Waals surface area contributed by atoms with E-state index >= 15 is 0 Å². The Bertz CT molecular complexity index is 986. The lowest BCUT2D eigenvalue weighted by molar-refractivity contribution is 0.123. The minimum atomic E-state index is 0.766. The van der Waals surface area contributed by atoms with Gasteiger partial charge in [-0.1, -0.05) is 36.4 Å². The monoisotopic (exact) mass is 387 g/mol. The molecule has 29 heavy (non-hydrogen) atoms. The molecule has 0 radical (unpaired) electrons. The average Bonchev–Trinajstić information content (AvgIpc) is 2.80. The summed E-state index contributed by atoms with van der Waals surface area (Å²) in [7, 11) is 0. The first-order valence-corrected chi connectivity index (χ1v) is 10.2. The van der Waals surface area contributed by atoms with Crippen LogP contribution in [0.3, 0.4) is 0 Å². The maximum absolute atomic E-state index is 5.50. The van der Waals surface area contributed by atoms with Gasteiger partial charge < -0.3 is 19.9 Å². The molecule has 0 unspecified atom stereocenters. The van der Waals surface area contributed by atoms with Gasteiger partial charge in [0.2, 0.25) is 0 Å². The number of fused-ring (bicyclic) bond motifs is 1. The molecule has 1 N–H and O–H groups in total. The number of ether oxygens (including phenoxy) is 1.